The second-order valence-electron chi connectivity index (χ2n) is 17.5. The van der Waals surface area contributed by atoms with Crippen LogP contribution >= 0.6 is 0 Å². The van der Waals surface area contributed by atoms with E-state index in [1.165, 1.54) is 110 Å². The van der Waals surface area contributed by atoms with Crippen molar-refractivity contribution in [3.8, 4) is 66.8 Å². The van der Waals surface area contributed by atoms with Gasteiger partial charge >= 0.3 is 0 Å². The summed E-state index contributed by atoms with van der Waals surface area (Å²) in [6.07, 6.45) is 0. The molecule has 1 heteroatoms. The van der Waals surface area contributed by atoms with Gasteiger partial charge < -0.3 is 4.42 Å². The molecule has 1 aromatic heterocycles. The maximum atomic E-state index is 6.30. The summed E-state index contributed by atoms with van der Waals surface area (Å²) >= 11 is 0. The molecule has 1 heterocycles. The Morgan fingerprint density at radius 3 is 1.44 bits per heavy atom. The summed E-state index contributed by atoms with van der Waals surface area (Å²) in [4.78, 5) is 0. The first-order chi connectivity index (χ1) is 32.7. The van der Waals surface area contributed by atoms with E-state index in [9.17, 15) is 0 Å². The predicted molar refractivity (Wildman–Crippen MR) is 281 cm³/mol. The predicted octanol–water partition coefficient (Wildman–Crippen LogP) is 18.5. The van der Waals surface area contributed by atoms with Gasteiger partial charge in [-0.3, -0.25) is 0 Å². The van der Waals surface area contributed by atoms with Crippen molar-refractivity contribution in [2.75, 3.05) is 0 Å². The van der Waals surface area contributed by atoms with E-state index in [4.69, 9.17) is 4.42 Å². The van der Waals surface area contributed by atoms with Gasteiger partial charge in [-0.2, -0.15) is 0 Å². The molecule has 12 aromatic carbocycles. The van der Waals surface area contributed by atoms with Crippen molar-refractivity contribution in [2.45, 2.75) is 6.92 Å². The van der Waals surface area contributed by atoms with Gasteiger partial charge in [0, 0.05) is 10.8 Å². The average Bonchev–Trinajstić information content (AvgIpc) is 3.76. The molecule has 0 aliphatic heterocycles. The minimum Gasteiger partial charge on any atom is -0.456 e. The molecule has 0 bridgehead atoms. The zero-order valence-corrected chi connectivity index (χ0v) is 36.4. The van der Waals surface area contributed by atoms with Gasteiger partial charge in [0.15, 0.2) is 0 Å². The lowest BCUT2D eigenvalue weighted by molar-refractivity contribution is 0.669. The standard InChI is InChI=1S/C65H42O/c1-41-38-47(63-50(44-32-30-43(31-33-44)42-16-3-2-4-17-42)27-15-28-51(63)46-35-37-62-59(39-46)54-22-13-14-29-61(54)66-62)34-36-48(41)64-55-23-9-11-25-57(55)65(58-26-12-10-24-56(58)64)60-40-45-18-5-6-19-49(45)52-20-7-8-21-53(52)60/h2-40H,1H3. The van der Waals surface area contributed by atoms with Gasteiger partial charge in [0.05, 0.1) is 0 Å². The van der Waals surface area contributed by atoms with Gasteiger partial charge in [0.2, 0.25) is 0 Å². The molecular formula is C65H42O. The summed E-state index contributed by atoms with van der Waals surface area (Å²) in [6.45, 7) is 2.29. The second-order valence-corrected chi connectivity index (χ2v) is 17.5. The number of benzene rings is 12. The summed E-state index contributed by atoms with van der Waals surface area (Å²) in [5.41, 5.74) is 17.6. The number of para-hydroxylation sites is 1. The Hall–Kier alpha value is -8.52. The summed E-state index contributed by atoms with van der Waals surface area (Å²) in [5.74, 6) is 0. The van der Waals surface area contributed by atoms with Crippen LogP contribution in [0.3, 0.4) is 0 Å². The molecule has 66 heavy (non-hydrogen) atoms. The topological polar surface area (TPSA) is 13.1 Å². The Labute approximate surface area is 383 Å². The lowest BCUT2D eigenvalue weighted by Crippen LogP contribution is -1.95. The van der Waals surface area contributed by atoms with Gasteiger partial charge in [-0.05, 0) is 147 Å². The minimum atomic E-state index is 0.897. The molecule has 0 spiro atoms. The molecule has 0 amide bonds. The molecule has 13 rings (SSSR count). The highest BCUT2D eigenvalue weighted by molar-refractivity contribution is 6.26. The molecule has 0 unspecified atom stereocenters. The van der Waals surface area contributed by atoms with E-state index in [1.54, 1.807) is 0 Å². The molecule has 0 saturated heterocycles. The van der Waals surface area contributed by atoms with Crippen LogP contribution in [0.4, 0.5) is 0 Å². The average molecular weight is 839 g/mol. The van der Waals surface area contributed by atoms with Crippen molar-refractivity contribution in [1.29, 1.82) is 0 Å². The molecule has 308 valence electrons. The lowest BCUT2D eigenvalue weighted by atomic mass is 9.82. The van der Waals surface area contributed by atoms with Crippen LogP contribution in [0.15, 0.2) is 241 Å². The normalized spacial score (nSPS) is 11.7. The molecule has 0 radical (unpaired) electrons. The minimum absolute atomic E-state index is 0.897. The molecule has 0 saturated carbocycles. The molecule has 1 nitrogen and oxygen atoms in total. The zero-order chi connectivity index (χ0) is 43.7. The number of furan rings is 1. The number of fused-ring (bicyclic) bond motifs is 8. The van der Waals surface area contributed by atoms with Gasteiger partial charge in [-0.25, -0.2) is 0 Å². The van der Waals surface area contributed by atoms with Crippen LogP contribution in [0.5, 0.6) is 0 Å². The Kier molecular flexibility index (Phi) is 8.82. The van der Waals surface area contributed by atoms with Crippen LogP contribution in [-0.2, 0) is 0 Å². The summed E-state index contributed by atoms with van der Waals surface area (Å²) in [5, 5.41) is 12.3. The number of hydrogen-bond donors (Lipinski definition) is 0. The summed E-state index contributed by atoms with van der Waals surface area (Å²) < 4.78 is 6.30. The second kappa shape index (κ2) is 15.3. The van der Waals surface area contributed by atoms with E-state index in [-0.39, 0.29) is 0 Å². The van der Waals surface area contributed by atoms with Gasteiger partial charge in [-0.1, -0.05) is 212 Å². The van der Waals surface area contributed by atoms with Crippen molar-refractivity contribution < 1.29 is 4.42 Å². The van der Waals surface area contributed by atoms with Crippen LogP contribution in [0.25, 0.3) is 132 Å². The third-order valence-electron chi connectivity index (χ3n) is 13.8. The molecule has 0 aliphatic rings. The first-order valence-electron chi connectivity index (χ1n) is 22.8. The number of aryl methyl sites for hydroxylation is 1. The monoisotopic (exact) mass is 838 g/mol. The first kappa shape index (κ1) is 38.0. The third kappa shape index (κ3) is 6.09. The number of hydrogen-bond acceptors (Lipinski definition) is 1. The largest absolute Gasteiger partial charge is 0.456 e. The van der Waals surface area contributed by atoms with Crippen molar-refractivity contribution in [3.63, 3.8) is 0 Å². The highest BCUT2D eigenvalue weighted by Crippen LogP contribution is 2.49. The van der Waals surface area contributed by atoms with Gasteiger partial charge in [-0.15, -0.1) is 0 Å². The number of rotatable bonds is 6. The molecule has 0 aliphatic carbocycles. The summed E-state index contributed by atoms with van der Waals surface area (Å²) in [6, 6.07) is 86.7. The highest BCUT2D eigenvalue weighted by Gasteiger charge is 2.22. The van der Waals surface area contributed by atoms with Crippen LogP contribution in [0.1, 0.15) is 5.56 Å². The molecule has 0 N–H and O–H groups in total. The van der Waals surface area contributed by atoms with E-state index >= 15 is 0 Å². The maximum absolute atomic E-state index is 6.30. The van der Waals surface area contributed by atoms with Gasteiger partial charge in [0.1, 0.15) is 11.2 Å². The fourth-order valence-electron chi connectivity index (χ4n) is 10.8. The van der Waals surface area contributed by atoms with E-state index in [2.05, 4.69) is 237 Å². The van der Waals surface area contributed by atoms with Crippen LogP contribution < -0.4 is 0 Å². The highest BCUT2D eigenvalue weighted by atomic mass is 16.3. The maximum Gasteiger partial charge on any atom is 0.135 e. The van der Waals surface area contributed by atoms with Crippen LogP contribution in [-0.4, -0.2) is 0 Å². The zero-order valence-electron chi connectivity index (χ0n) is 36.4. The molecule has 13 aromatic rings. The van der Waals surface area contributed by atoms with Crippen molar-refractivity contribution >= 4 is 65.0 Å². The van der Waals surface area contributed by atoms with Crippen molar-refractivity contribution in [1.82, 2.24) is 0 Å². The lowest BCUT2D eigenvalue weighted by Gasteiger charge is -2.21. The smallest absolute Gasteiger partial charge is 0.135 e. The first-order valence-corrected chi connectivity index (χ1v) is 22.8. The van der Waals surface area contributed by atoms with Gasteiger partial charge in [0.25, 0.3) is 0 Å². The van der Waals surface area contributed by atoms with E-state index < -0.39 is 0 Å². The molecule has 0 fully saturated rings. The Balaban J connectivity index is 1.02. The Morgan fingerprint density at radius 2 is 0.742 bits per heavy atom. The Morgan fingerprint density at radius 1 is 0.242 bits per heavy atom. The summed E-state index contributed by atoms with van der Waals surface area (Å²) in [7, 11) is 0. The van der Waals surface area contributed by atoms with E-state index in [0.29, 0.717) is 0 Å². The quantitative estimate of drug-likeness (QED) is 0.120. The SMILES string of the molecule is Cc1cc(-c2c(-c3ccc(-c4ccccc4)cc3)cccc2-c2ccc3oc4ccccc4c3c2)ccc1-c1c2ccccc2c(-c2cc3ccccc3c3ccccc23)c2ccccc12. The fraction of sp³-hybridized carbons (Fsp3) is 0.0154. The van der Waals surface area contributed by atoms with Crippen molar-refractivity contribution in [3.05, 3.63) is 242 Å². The van der Waals surface area contributed by atoms with Crippen LogP contribution in [0, 0.1) is 6.92 Å². The Bertz CT molecular complexity index is 3980. The molecule has 0 atom stereocenters. The third-order valence-corrected chi connectivity index (χ3v) is 13.8. The van der Waals surface area contributed by atoms with E-state index in [1.807, 2.05) is 6.07 Å². The molecular weight excluding hydrogens is 797 g/mol. The van der Waals surface area contributed by atoms with Crippen molar-refractivity contribution in [2.24, 2.45) is 0 Å². The fourth-order valence-corrected chi connectivity index (χ4v) is 10.8. The van der Waals surface area contributed by atoms with E-state index in [0.717, 1.165) is 27.5 Å². The van der Waals surface area contributed by atoms with Crippen LogP contribution in [0.2, 0.25) is 0 Å².